The van der Waals surface area contributed by atoms with Gasteiger partial charge in [-0.25, -0.2) is 13.8 Å². The SMILES string of the molecule is O=C(O)C[C@H](CCN1CCCC(F)(F)C1)NC(=O)c1cc(-c2cccnc2Cl)n(C2CCCC2)n1. The topological polar surface area (TPSA) is 100 Å². The largest absolute Gasteiger partial charge is 0.481 e. The number of carboxylic acid groups (broad SMARTS) is 1. The molecule has 1 amide bonds. The second-order valence-corrected chi connectivity index (χ2v) is 9.79. The fourth-order valence-electron chi connectivity index (χ4n) is 4.98. The highest BCUT2D eigenvalue weighted by molar-refractivity contribution is 6.32. The fourth-order valence-corrected chi connectivity index (χ4v) is 5.20. The van der Waals surface area contributed by atoms with Gasteiger partial charge in [0.15, 0.2) is 5.69 Å². The van der Waals surface area contributed by atoms with E-state index >= 15 is 0 Å². The van der Waals surface area contributed by atoms with Crippen LogP contribution in [0.2, 0.25) is 5.15 Å². The second kappa shape index (κ2) is 11.0. The maximum atomic E-state index is 13.7. The van der Waals surface area contributed by atoms with Crippen LogP contribution in [0, 0.1) is 0 Å². The first-order chi connectivity index (χ1) is 16.7. The maximum absolute atomic E-state index is 13.7. The van der Waals surface area contributed by atoms with Gasteiger partial charge in [0.05, 0.1) is 24.7 Å². The molecule has 2 aromatic heterocycles. The lowest BCUT2D eigenvalue weighted by molar-refractivity contribution is -0.137. The van der Waals surface area contributed by atoms with Gasteiger partial charge in [0, 0.05) is 30.8 Å². The molecule has 0 radical (unpaired) electrons. The Morgan fingerprint density at radius 1 is 1.29 bits per heavy atom. The summed E-state index contributed by atoms with van der Waals surface area (Å²) in [5, 5.41) is 17.0. The van der Waals surface area contributed by atoms with Crippen LogP contribution in [0.5, 0.6) is 0 Å². The Labute approximate surface area is 207 Å². The van der Waals surface area contributed by atoms with Gasteiger partial charge in [-0.1, -0.05) is 24.4 Å². The number of piperidine rings is 1. The number of likely N-dealkylation sites (tertiary alicyclic amines) is 1. The average molecular weight is 510 g/mol. The summed E-state index contributed by atoms with van der Waals surface area (Å²) in [4.78, 5) is 30.3. The van der Waals surface area contributed by atoms with Crippen molar-refractivity contribution >= 4 is 23.5 Å². The minimum atomic E-state index is -2.74. The third kappa shape index (κ3) is 6.55. The Morgan fingerprint density at radius 3 is 2.74 bits per heavy atom. The van der Waals surface area contributed by atoms with Crippen molar-refractivity contribution in [2.45, 2.75) is 69.4 Å². The zero-order valence-electron chi connectivity index (χ0n) is 19.4. The minimum absolute atomic E-state index is 0.133. The van der Waals surface area contributed by atoms with Gasteiger partial charge < -0.3 is 10.4 Å². The normalized spacial score (nSPS) is 19.5. The number of aliphatic carboxylic acids is 1. The number of amides is 1. The first-order valence-corrected chi connectivity index (χ1v) is 12.4. The van der Waals surface area contributed by atoms with E-state index in [-0.39, 0.29) is 44.1 Å². The predicted molar refractivity (Wildman–Crippen MR) is 127 cm³/mol. The summed E-state index contributed by atoms with van der Waals surface area (Å²) in [7, 11) is 0. The lowest BCUT2D eigenvalue weighted by Gasteiger charge is -2.33. The van der Waals surface area contributed by atoms with Crippen molar-refractivity contribution in [2.24, 2.45) is 0 Å². The Morgan fingerprint density at radius 2 is 2.06 bits per heavy atom. The molecule has 2 N–H and O–H groups in total. The summed E-state index contributed by atoms with van der Waals surface area (Å²) in [6, 6.07) is 4.66. The summed E-state index contributed by atoms with van der Waals surface area (Å²) >= 11 is 6.33. The van der Waals surface area contributed by atoms with Crippen molar-refractivity contribution in [1.82, 2.24) is 25.0 Å². The minimum Gasteiger partial charge on any atom is -0.481 e. The molecule has 0 spiro atoms. The molecule has 1 aliphatic carbocycles. The van der Waals surface area contributed by atoms with Crippen molar-refractivity contribution in [1.29, 1.82) is 0 Å². The molecule has 35 heavy (non-hydrogen) atoms. The van der Waals surface area contributed by atoms with Crippen LogP contribution in [0.1, 0.15) is 67.9 Å². The second-order valence-electron chi connectivity index (χ2n) is 9.43. The van der Waals surface area contributed by atoms with E-state index in [2.05, 4.69) is 15.4 Å². The number of halogens is 3. The van der Waals surface area contributed by atoms with Gasteiger partial charge in [0.25, 0.3) is 11.8 Å². The third-order valence-electron chi connectivity index (χ3n) is 6.70. The number of alkyl halides is 2. The van der Waals surface area contributed by atoms with Gasteiger partial charge in [-0.15, -0.1) is 0 Å². The van der Waals surface area contributed by atoms with E-state index in [0.29, 0.717) is 29.4 Å². The van der Waals surface area contributed by atoms with E-state index in [1.807, 2.05) is 10.7 Å². The van der Waals surface area contributed by atoms with E-state index in [0.717, 1.165) is 25.7 Å². The monoisotopic (exact) mass is 509 g/mol. The zero-order chi connectivity index (χ0) is 25.0. The molecule has 2 aromatic rings. The van der Waals surface area contributed by atoms with Crippen LogP contribution in [-0.2, 0) is 4.79 Å². The van der Waals surface area contributed by atoms with Gasteiger partial charge in [-0.2, -0.15) is 5.10 Å². The van der Waals surface area contributed by atoms with E-state index < -0.39 is 23.8 Å². The molecule has 0 bridgehead atoms. The molecule has 1 saturated heterocycles. The van der Waals surface area contributed by atoms with E-state index in [9.17, 15) is 23.5 Å². The molecular formula is C24H30ClF2N5O3. The number of aromatic nitrogens is 3. The Hall–Kier alpha value is -2.59. The molecule has 0 aromatic carbocycles. The molecule has 4 rings (SSSR count). The standard InChI is InChI=1S/C24H30ClF2N5O3/c25-22-18(7-3-10-28-22)20-14-19(30-32(20)17-5-1-2-6-17)23(35)29-16(13-21(33)34)8-12-31-11-4-9-24(26,27)15-31/h3,7,10,14,16-17H,1-2,4-6,8-9,11-13,15H2,(H,29,35)(H,33,34)/t16-/m0/s1. The van der Waals surface area contributed by atoms with E-state index in [1.165, 1.54) is 0 Å². The van der Waals surface area contributed by atoms with Crippen LogP contribution in [-0.4, -0.2) is 68.2 Å². The van der Waals surface area contributed by atoms with Crippen LogP contribution >= 0.6 is 11.6 Å². The van der Waals surface area contributed by atoms with Crippen LogP contribution in [0.25, 0.3) is 11.3 Å². The van der Waals surface area contributed by atoms with Crippen molar-refractivity contribution in [3.8, 4) is 11.3 Å². The van der Waals surface area contributed by atoms with Gasteiger partial charge in [-0.3, -0.25) is 19.2 Å². The molecule has 0 unspecified atom stereocenters. The van der Waals surface area contributed by atoms with Crippen LogP contribution in [0.3, 0.4) is 0 Å². The number of hydrogen-bond donors (Lipinski definition) is 2. The number of nitrogens with zero attached hydrogens (tertiary/aromatic N) is 4. The van der Waals surface area contributed by atoms with Gasteiger partial charge in [-0.05, 0) is 50.4 Å². The highest BCUT2D eigenvalue weighted by Gasteiger charge is 2.35. The molecule has 2 aliphatic rings. The molecule has 8 nitrogen and oxygen atoms in total. The van der Waals surface area contributed by atoms with Gasteiger partial charge in [0.1, 0.15) is 5.15 Å². The fraction of sp³-hybridized carbons (Fsp3) is 0.583. The van der Waals surface area contributed by atoms with Crippen molar-refractivity contribution in [3.05, 3.63) is 35.2 Å². The Bertz CT molecular complexity index is 1060. The molecule has 190 valence electrons. The first-order valence-electron chi connectivity index (χ1n) is 12.0. The molecule has 3 heterocycles. The summed E-state index contributed by atoms with van der Waals surface area (Å²) in [5.41, 5.74) is 1.51. The summed E-state index contributed by atoms with van der Waals surface area (Å²) in [6.45, 7) is 0.465. The Balaban J connectivity index is 1.51. The molecule has 1 atom stereocenters. The lowest BCUT2D eigenvalue weighted by Crippen LogP contribution is -2.45. The van der Waals surface area contributed by atoms with Gasteiger partial charge >= 0.3 is 5.97 Å². The highest BCUT2D eigenvalue weighted by Crippen LogP contribution is 2.35. The third-order valence-corrected chi connectivity index (χ3v) is 7.00. The molecule has 1 saturated carbocycles. The number of pyridine rings is 1. The lowest BCUT2D eigenvalue weighted by atomic mass is 10.1. The quantitative estimate of drug-likeness (QED) is 0.486. The average Bonchev–Trinajstić information content (AvgIpc) is 3.47. The summed E-state index contributed by atoms with van der Waals surface area (Å²) in [6.07, 6.45) is 5.81. The Kier molecular flexibility index (Phi) is 8.01. The number of carbonyl (C=O) groups is 2. The number of carboxylic acids is 1. The molecule has 11 heteroatoms. The number of hydrogen-bond acceptors (Lipinski definition) is 5. The van der Waals surface area contributed by atoms with E-state index in [1.54, 1.807) is 23.2 Å². The number of nitrogens with one attached hydrogen (secondary N) is 1. The van der Waals surface area contributed by atoms with Crippen LogP contribution in [0.15, 0.2) is 24.4 Å². The zero-order valence-corrected chi connectivity index (χ0v) is 20.2. The number of rotatable bonds is 9. The number of carbonyl (C=O) groups excluding carboxylic acids is 1. The van der Waals surface area contributed by atoms with E-state index in [4.69, 9.17) is 11.6 Å². The molecule has 1 aliphatic heterocycles. The molecular weight excluding hydrogens is 480 g/mol. The van der Waals surface area contributed by atoms with Crippen LogP contribution < -0.4 is 5.32 Å². The summed E-state index contributed by atoms with van der Waals surface area (Å²) in [5.74, 6) is -4.31. The predicted octanol–water partition coefficient (Wildman–Crippen LogP) is 4.41. The smallest absolute Gasteiger partial charge is 0.305 e. The maximum Gasteiger partial charge on any atom is 0.305 e. The van der Waals surface area contributed by atoms with Crippen molar-refractivity contribution in [3.63, 3.8) is 0 Å². The van der Waals surface area contributed by atoms with Crippen molar-refractivity contribution < 1.29 is 23.5 Å². The molecule has 2 fully saturated rings. The van der Waals surface area contributed by atoms with Gasteiger partial charge in [0.2, 0.25) is 0 Å². The highest BCUT2D eigenvalue weighted by atomic mass is 35.5. The first kappa shape index (κ1) is 25.5. The van der Waals surface area contributed by atoms with Crippen LogP contribution in [0.4, 0.5) is 8.78 Å². The summed E-state index contributed by atoms with van der Waals surface area (Å²) < 4.78 is 29.3. The van der Waals surface area contributed by atoms with Crippen molar-refractivity contribution in [2.75, 3.05) is 19.6 Å².